The van der Waals surface area contributed by atoms with E-state index >= 15 is 0 Å². The third-order valence-corrected chi connectivity index (χ3v) is 4.69. The van der Waals surface area contributed by atoms with E-state index in [1.807, 2.05) is 0 Å². The highest BCUT2D eigenvalue weighted by molar-refractivity contribution is 5.92. The average molecular weight is 301 g/mol. The Labute approximate surface area is 133 Å². The molecule has 0 aromatic heterocycles. The minimum Gasteiger partial charge on any atom is -0.376 e. The predicted molar refractivity (Wildman–Crippen MR) is 91.3 cm³/mol. The van der Waals surface area contributed by atoms with Crippen molar-refractivity contribution in [2.45, 2.75) is 51.6 Å². The zero-order chi connectivity index (χ0) is 15.6. The summed E-state index contributed by atoms with van der Waals surface area (Å²) in [6, 6.07) is 6.52. The number of nitrogens with two attached hydrogens (primary N) is 1. The van der Waals surface area contributed by atoms with Gasteiger partial charge in [-0.2, -0.15) is 0 Å². The molecule has 4 heteroatoms. The van der Waals surface area contributed by atoms with Gasteiger partial charge >= 0.3 is 0 Å². The van der Waals surface area contributed by atoms with E-state index in [-0.39, 0.29) is 5.60 Å². The van der Waals surface area contributed by atoms with Crippen LogP contribution in [0.3, 0.4) is 0 Å². The lowest BCUT2D eigenvalue weighted by Crippen LogP contribution is -2.35. The lowest BCUT2D eigenvalue weighted by molar-refractivity contribution is -0.0705. The Morgan fingerprint density at radius 1 is 1.36 bits per heavy atom. The van der Waals surface area contributed by atoms with E-state index in [1.165, 1.54) is 30.4 Å². The second-order valence-electron chi connectivity index (χ2n) is 7.15. The number of aryl methyl sites for hydroxylation is 2. The van der Waals surface area contributed by atoms with Crippen LogP contribution in [-0.2, 0) is 17.6 Å². The largest absolute Gasteiger partial charge is 0.376 e. The zero-order valence-electron chi connectivity index (χ0n) is 13.7. The average Bonchev–Trinajstić information content (AvgIpc) is 2.92. The van der Waals surface area contributed by atoms with Crippen molar-refractivity contribution in [3.05, 3.63) is 29.3 Å². The van der Waals surface area contributed by atoms with Gasteiger partial charge in [0.2, 0.25) is 0 Å². The smallest absolute Gasteiger partial charge is 0.193 e. The summed E-state index contributed by atoms with van der Waals surface area (Å²) in [4.78, 5) is 4.53. The molecule has 0 spiro atoms. The van der Waals surface area contributed by atoms with Crippen LogP contribution >= 0.6 is 0 Å². The standard InChI is InChI=1S/C18H27N3O/c1-18(2)11-13(8-9-22-18)12-20-17(19)21-16-7-6-14-4-3-5-15(14)10-16/h6-7,10,13H,3-5,8-9,11-12H2,1-2H3,(H3,19,20,21). The van der Waals surface area contributed by atoms with Gasteiger partial charge in [-0.25, -0.2) is 0 Å². The van der Waals surface area contributed by atoms with Gasteiger partial charge in [-0.3, -0.25) is 4.99 Å². The first kappa shape index (κ1) is 15.3. The lowest BCUT2D eigenvalue weighted by atomic mass is 9.88. The first-order chi connectivity index (χ1) is 10.5. The van der Waals surface area contributed by atoms with E-state index in [4.69, 9.17) is 10.5 Å². The quantitative estimate of drug-likeness (QED) is 0.666. The van der Waals surface area contributed by atoms with Gasteiger partial charge in [-0.1, -0.05) is 6.07 Å². The summed E-state index contributed by atoms with van der Waals surface area (Å²) in [6.07, 6.45) is 5.77. The fourth-order valence-electron chi connectivity index (χ4n) is 3.58. The van der Waals surface area contributed by atoms with Gasteiger partial charge in [0.15, 0.2) is 5.96 Å². The maximum atomic E-state index is 6.04. The summed E-state index contributed by atoms with van der Waals surface area (Å²) in [5.41, 5.74) is 9.99. The number of ether oxygens (including phenoxy) is 1. The number of nitrogens with one attached hydrogen (secondary N) is 1. The lowest BCUT2D eigenvalue weighted by Gasteiger charge is -2.34. The Morgan fingerprint density at radius 3 is 3.00 bits per heavy atom. The summed E-state index contributed by atoms with van der Waals surface area (Å²) in [6.45, 7) is 5.89. The van der Waals surface area contributed by atoms with Gasteiger partial charge in [0.05, 0.1) is 5.60 Å². The molecule has 1 atom stereocenters. The molecule has 1 saturated heterocycles. The molecule has 4 nitrogen and oxygen atoms in total. The fraction of sp³-hybridized carbons (Fsp3) is 0.611. The van der Waals surface area contributed by atoms with Gasteiger partial charge in [0, 0.05) is 18.8 Å². The fourth-order valence-corrected chi connectivity index (χ4v) is 3.58. The van der Waals surface area contributed by atoms with E-state index in [1.54, 1.807) is 0 Å². The maximum absolute atomic E-state index is 6.04. The van der Waals surface area contributed by atoms with Crippen molar-refractivity contribution >= 4 is 11.6 Å². The molecule has 1 aromatic rings. The van der Waals surface area contributed by atoms with Crippen LogP contribution in [0, 0.1) is 5.92 Å². The zero-order valence-corrected chi connectivity index (χ0v) is 13.7. The molecule has 0 amide bonds. The van der Waals surface area contributed by atoms with E-state index < -0.39 is 0 Å². The van der Waals surface area contributed by atoms with E-state index in [2.05, 4.69) is 42.4 Å². The van der Waals surface area contributed by atoms with Crippen molar-refractivity contribution in [2.75, 3.05) is 18.5 Å². The molecule has 22 heavy (non-hydrogen) atoms. The number of aliphatic imine (C=N–C) groups is 1. The van der Waals surface area contributed by atoms with Crippen LogP contribution in [0.25, 0.3) is 0 Å². The summed E-state index contributed by atoms with van der Waals surface area (Å²) in [7, 11) is 0. The molecular formula is C18H27N3O. The second-order valence-corrected chi connectivity index (χ2v) is 7.15. The Kier molecular flexibility index (Phi) is 4.39. The third kappa shape index (κ3) is 3.80. The van der Waals surface area contributed by atoms with Gasteiger partial charge in [-0.15, -0.1) is 0 Å². The van der Waals surface area contributed by atoms with Crippen LogP contribution in [0.1, 0.15) is 44.2 Å². The number of fused-ring (bicyclic) bond motifs is 1. The predicted octanol–water partition coefficient (Wildman–Crippen LogP) is 3.11. The summed E-state index contributed by atoms with van der Waals surface area (Å²) in [5.74, 6) is 1.08. The summed E-state index contributed by atoms with van der Waals surface area (Å²) >= 11 is 0. The highest BCUT2D eigenvalue weighted by Gasteiger charge is 2.28. The summed E-state index contributed by atoms with van der Waals surface area (Å²) in [5, 5.41) is 3.23. The van der Waals surface area contributed by atoms with Crippen LogP contribution in [0.15, 0.2) is 23.2 Å². The Bertz CT molecular complexity index is 565. The molecule has 2 aliphatic rings. The van der Waals surface area contributed by atoms with Gasteiger partial charge in [-0.05, 0) is 75.1 Å². The molecule has 1 unspecified atom stereocenters. The van der Waals surface area contributed by atoms with Gasteiger partial charge in [0.1, 0.15) is 0 Å². The normalized spacial score (nSPS) is 24.1. The number of benzene rings is 1. The molecule has 1 aliphatic carbocycles. The molecular weight excluding hydrogens is 274 g/mol. The number of nitrogens with zero attached hydrogens (tertiary/aromatic N) is 1. The first-order valence-corrected chi connectivity index (χ1v) is 8.34. The van der Waals surface area contributed by atoms with Crippen LogP contribution in [-0.4, -0.2) is 24.7 Å². The molecule has 0 saturated carbocycles. The molecule has 0 bridgehead atoms. The second kappa shape index (κ2) is 6.29. The molecule has 0 radical (unpaired) electrons. The topological polar surface area (TPSA) is 59.6 Å². The number of rotatable bonds is 3. The van der Waals surface area contributed by atoms with Crippen molar-refractivity contribution in [3.8, 4) is 0 Å². The number of guanidine groups is 1. The minimum absolute atomic E-state index is 0.0272. The van der Waals surface area contributed by atoms with Crippen molar-refractivity contribution in [1.29, 1.82) is 0 Å². The minimum atomic E-state index is -0.0272. The molecule has 3 rings (SSSR count). The van der Waals surface area contributed by atoms with E-state index in [0.717, 1.165) is 31.7 Å². The summed E-state index contributed by atoms with van der Waals surface area (Å²) < 4.78 is 5.75. The van der Waals surface area contributed by atoms with E-state index in [9.17, 15) is 0 Å². The highest BCUT2D eigenvalue weighted by atomic mass is 16.5. The number of hydrogen-bond donors (Lipinski definition) is 2. The van der Waals surface area contributed by atoms with Gasteiger partial charge < -0.3 is 15.8 Å². The Morgan fingerprint density at radius 2 is 2.18 bits per heavy atom. The third-order valence-electron chi connectivity index (χ3n) is 4.69. The van der Waals surface area contributed by atoms with Crippen molar-refractivity contribution < 1.29 is 4.74 Å². The van der Waals surface area contributed by atoms with Crippen molar-refractivity contribution in [3.63, 3.8) is 0 Å². The Balaban J connectivity index is 1.56. The molecule has 1 aromatic carbocycles. The van der Waals surface area contributed by atoms with Crippen LogP contribution < -0.4 is 11.1 Å². The Hall–Kier alpha value is -1.55. The number of hydrogen-bond acceptors (Lipinski definition) is 2. The number of anilines is 1. The van der Waals surface area contributed by atoms with Crippen molar-refractivity contribution in [2.24, 2.45) is 16.6 Å². The van der Waals surface area contributed by atoms with Crippen LogP contribution in [0.5, 0.6) is 0 Å². The molecule has 120 valence electrons. The highest BCUT2D eigenvalue weighted by Crippen LogP contribution is 2.28. The molecule has 1 heterocycles. The molecule has 3 N–H and O–H groups in total. The van der Waals surface area contributed by atoms with Crippen molar-refractivity contribution in [1.82, 2.24) is 0 Å². The van der Waals surface area contributed by atoms with E-state index in [0.29, 0.717) is 11.9 Å². The SMILES string of the molecule is CC1(C)CC(CN=C(N)Nc2ccc3c(c2)CCC3)CCO1. The van der Waals surface area contributed by atoms with Gasteiger partial charge in [0.25, 0.3) is 0 Å². The first-order valence-electron chi connectivity index (χ1n) is 8.34. The van der Waals surface area contributed by atoms with Crippen LogP contribution in [0.4, 0.5) is 5.69 Å². The van der Waals surface area contributed by atoms with Crippen LogP contribution in [0.2, 0.25) is 0 Å². The monoisotopic (exact) mass is 301 g/mol. The maximum Gasteiger partial charge on any atom is 0.193 e. The molecule has 1 fully saturated rings. The molecule has 1 aliphatic heterocycles.